The summed E-state index contributed by atoms with van der Waals surface area (Å²) in [7, 11) is 3.08. The molecule has 3 heterocycles. The van der Waals surface area contributed by atoms with Crippen molar-refractivity contribution >= 4 is 29.2 Å². The quantitative estimate of drug-likeness (QED) is 0.148. The first-order chi connectivity index (χ1) is 30.2. The number of rotatable bonds is 5. The molecular weight excluding hydrogens is 825 g/mol. The van der Waals surface area contributed by atoms with Crippen molar-refractivity contribution < 1.29 is 63.3 Å². The maximum atomic E-state index is 14.3. The van der Waals surface area contributed by atoms with E-state index in [0.717, 1.165) is 10.5 Å². The Morgan fingerprint density at radius 1 is 0.859 bits per heavy atom. The molecule has 0 aromatic rings. The van der Waals surface area contributed by atoms with E-state index < -0.39 is 108 Å². The van der Waals surface area contributed by atoms with Crippen LogP contribution in [0.1, 0.15) is 119 Å². The highest BCUT2D eigenvalue weighted by atomic mass is 16.6. The van der Waals surface area contributed by atoms with Gasteiger partial charge in [0.15, 0.2) is 5.78 Å². The Kier molecular flexibility index (Phi) is 20.3. The van der Waals surface area contributed by atoms with Crippen LogP contribution in [-0.4, -0.2) is 136 Å². The number of nitrogens with zero attached hydrogens (tertiary/aromatic N) is 1. The van der Waals surface area contributed by atoms with Crippen LogP contribution < -0.4 is 5.73 Å². The highest BCUT2D eigenvalue weighted by molar-refractivity contribution is 6.39. The molecule has 3 aliphatic heterocycles. The number of piperidine rings is 1. The lowest BCUT2D eigenvalue weighted by atomic mass is 9.80. The van der Waals surface area contributed by atoms with Gasteiger partial charge in [0, 0.05) is 57.4 Å². The summed E-state index contributed by atoms with van der Waals surface area (Å²) in [6.45, 7) is 10.4. The number of aliphatic hydroxyl groups excluding tert-OH is 3. The third kappa shape index (κ3) is 13.8. The van der Waals surface area contributed by atoms with Gasteiger partial charge in [-0.3, -0.25) is 19.2 Å². The van der Waals surface area contributed by atoms with Gasteiger partial charge in [0.05, 0.1) is 24.4 Å². The zero-order valence-corrected chi connectivity index (χ0v) is 39.2. The standard InChI is InChI=1S/C49H76N2O13/c1-28-14-10-9-11-15-29(2)40(61-7)26-35-19-17-33(6)49(60,64-35)46(57)47(58)51-21-13-12-16-37(51)48(59)63-41(36(50)24-34-18-20-38(52)42(25-34)62-8)27-39(53)30(3)23-32(5)44(55)45(56)43(54)31(4)22-28/h9-11,14-15,23,28,30-31,33-38,40-42,44-45,52,55-56,60H,12-13,16-22,24-27,50H2,1-8H3/b11-9+,14-10+,29-15+,32-23+/t28-,30-,31-,33-,34+,35+,36-,37+,38-,40+,41+,42-,44-,45+,49-/m1/s1. The van der Waals surface area contributed by atoms with Gasteiger partial charge in [-0.15, -0.1) is 0 Å². The highest BCUT2D eigenvalue weighted by Gasteiger charge is 2.53. The Morgan fingerprint density at radius 3 is 2.27 bits per heavy atom. The molecule has 4 aliphatic rings. The smallest absolute Gasteiger partial charge is 0.329 e. The molecule has 1 saturated carbocycles. The van der Waals surface area contributed by atoms with Gasteiger partial charge in [-0.2, -0.15) is 0 Å². The lowest BCUT2D eigenvalue weighted by molar-refractivity contribution is -0.265. The first-order valence-corrected chi connectivity index (χ1v) is 23.3. The van der Waals surface area contributed by atoms with Crippen molar-refractivity contribution in [1.82, 2.24) is 4.90 Å². The third-order valence-electron chi connectivity index (χ3n) is 14.0. The van der Waals surface area contributed by atoms with Gasteiger partial charge in [0.1, 0.15) is 30.1 Å². The molecule has 2 saturated heterocycles. The van der Waals surface area contributed by atoms with Crippen LogP contribution in [0.2, 0.25) is 0 Å². The number of esters is 1. The molecule has 0 aromatic carbocycles. The van der Waals surface area contributed by atoms with Crippen LogP contribution in [0.4, 0.5) is 0 Å². The van der Waals surface area contributed by atoms with E-state index in [1.54, 1.807) is 27.9 Å². The summed E-state index contributed by atoms with van der Waals surface area (Å²) in [5.74, 6) is -8.71. The molecule has 0 unspecified atom stereocenters. The third-order valence-corrected chi connectivity index (χ3v) is 14.0. The second kappa shape index (κ2) is 24.4. The number of nitrogens with two attached hydrogens (primary N) is 1. The van der Waals surface area contributed by atoms with Crippen LogP contribution in [0, 0.1) is 29.6 Å². The number of amides is 1. The fourth-order valence-corrected chi connectivity index (χ4v) is 9.67. The summed E-state index contributed by atoms with van der Waals surface area (Å²) in [4.78, 5) is 71.0. The van der Waals surface area contributed by atoms with Crippen LogP contribution >= 0.6 is 0 Å². The summed E-state index contributed by atoms with van der Waals surface area (Å²) in [5, 5.41) is 44.4. The molecule has 15 heteroatoms. The van der Waals surface area contributed by atoms with Gasteiger partial charge in [0.25, 0.3) is 11.7 Å². The Labute approximate surface area is 379 Å². The number of aliphatic hydroxyl groups is 4. The average molecular weight is 901 g/mol. The summed E-state index contributed by atoms with van der Waals surface area (Å²) in [6, 6.07) is -2.07. The number of hydrogen-bond donors (Lipinski definition) is 5. The minimum absolute atomic E-state index is 0.0229. The number of fused-ring (bicyclic) bond motifs is 3. The van der Waals surface area contributed by atoms with Crippen molar-refractivity contribution in [3.8, 4) is 0 Å². The molecule has 64 heavy (non-hydrogen) atoms. The van der Waals surface area contributed by atoms with Crippen LogP contribution in [0.25, 0.3) is 0 Å². The van der Waals surface area contributed by atoms with E-state index in [1.165, 1.54) is 20.1 Å². The van der Waals surface area contributed by atoms with Crippen LogP contribution in [0.3, 0.4) is 0 Å². The van der Waals surface area contributed by atoms with Gasteiger partial charge >= 0.3 is 5.97 Å². The van der Waals surface area contributed by atoms with E-state index in [4.69, 9.17) is 24.7 Å². The Balaban J connectivity index is 1.69. The van der Waals surface area contributed by atoms with Crippen molar-refractivity contribution in [3.63, 3.8) is 0 Å². The maximum Gasteiger partial charge on any atom is 0.329 e. The molecule has 0 radical (unpaired) electrons. The molecule has 3 fully saturated rings. The van der Waals surface area contributed by atoms with Crippen molar-refractivity contribution in [3.05, 3.63) is 47.6 Å². The predicted octanol–water partition coefficient (Wildman–Crippen LogP) is 4.22. The first-order valence-electron chi connectivity index (χ1n) is 23.3. The zero-order valence-electron chi connectivity index (χ0n) is 39.2. The number of hydrogen-bond acceptors (Lipinski definition) is 14. The second-order valence-corrected chi connectivity index (χ2v) is 19.1. The molecule has 1 aliphatic carbocycles. The van der Waals surface area contributed by atoms with Gasteiger partial charge in [0.2, 0.25) is 5.79 Å². The lowest BCUT2D eigenvalue weighted by Gasteiger charge is -2.42. The zero-order chi connectivity index (χ0) is 47.5. The van der Waals surface area contributed by atoms with Gasteiger partial charge in [-0.05, 0) is 101 Å². The fourth-order valence-electron chi connectivity index (χ4n) is 9.67. The molecule has 2 bridgehead atoms. The number of methoxy groups -OCH3 is 2. The Hall–Kier alpha value is -3.41. The summed E-state index contributed by atoms with van der Waals surface area (Å²) >= 11 is 0. The van der Waals surface area contributed by atoms with Crippen molar-refractivity contribution in [2.75, 3.05) is 20.8 Å². The van der Waals surface area contributed by atoms with Gasteiger partial charge in [-0.25, -0.2) is 4.79 Å². The Morgan fingerprint density at radius 2 is 1.58 bits per heavy atom. The molecular formula is C49H76N2O13. The Bertz CT molecular complexity index is 1740. The van der Waals surface area contributed by atoms with E-state index in [-0.39, 0.29) is 36.8 Å². The fraction of sp³-hybridized carbons (Fsp3) is 0.735. The normalized spacial score (nSPS) is 40.9. The topological polar surface area (TPSA) is 232 Å². The van der Waals surface area contributed by atoms with Gasteiger partial charge < -0.3 is 50.0 Å². The molecule has 15 nitrogen and oxygen atoms in total. The predicted molar refractivity (Wildman–Crippen MR) is 239 cm³/mol. The van der Waals surface area contributed by atoms with Crippen molar-refractivity contribution in [2.45, 2.75) is 179 Å². The van der Waals surface area contributed by atoms with Crippen molar-refractivity contribution in [2.24, 2.45) is 35.3 Å². The number of carbonyl (C=O) groups is 5. The number of ketones is 3. The molecule has 360 valence electrons. The van der Waals surface area contributed by atoms with Crippen LogP contribution in [-0.2, 0) is 42.9 Å². The number of ether oxygens (including phenoxy) is 4. The number of cyclic esters (lactones) is 1. The van der Waals surface area contributed by atoms with E-state index in [0.29, 0.717) is 64.2 Å². The average Bonchev–Trinajstić information content (AvgIpc) is 3.27. The molecule has 15 atom stereocenters. The summed E-state index contributed by atoms with van der Waals surface area (Å²) in [6.07, 6.45) is 8.66. The molecule has 6 N–H and O–H groups in total. The van der Waals surface area contributed by atoms with Crippen LogP contribution in [0.5, 0.6) is 0 Å². The minimum atomic E-state index is -2.46. The highest BCUT2D eigenvalue weighted by Crippen LogP contribution is 2.37. The molecule has 1 amide bonds. The minimum Gasteiger partial charge on any atom is -0.459 e. The monoisotopic (exact) mass is 901 g/mol. The molecule has 4 rings (SSSR count). The second-order valence-electron chi connectivity index (χ2n) is 19.1. The van der Waals surface area contributed by atoms with Crippen molar-refractivity contribution in [1.29, 1.82) is 0 Å². The number of carbonyl (C=O) groups excluding carboxylic acids is 5. The molecule has 0 spiro atoms. The van der Waals surface area contributed by atoms with Gasteiger partial charge in [-0.1, -0.05) is 64.2 Å². The largest absolute Gasteiger partial charge is 0.459 e. The number of Topliss-reactive ketones (excluding diaryl/α,β-unsaturated/α-hetero) is 3. The van der Waals surface area contributed by atoms with E-state index in [9.17, 15) is 44.4 Å². The van der Waals surface area contributed by atoms with E-state index in [1.807, 2.05) is 44.2 Å². The number of allylic oxidation sites excluding steroid dienone is 6. The maximum absolute atomic E-state index is 14.3. The molecule has 0 aromatic heterocycles. The van der Waals surface area contributed by atoms with E-state index >= 15 is 0 Å². The first kappa shape index (κ1) is 53.2. The SMILES string of the molecule is CO[C@H]1C[C@@H]2CC[C@@H](C)[C@@](O)(O2)C(=O)C(=O)N2CCCC[C@H]2C(=O)O[C@H]([C@H](N)C[C@@H]2CC[C@@H](O)[C@H](OC)C2)CC(=O)[C@H](C)/C=C(\C)[C@@H](O)[C@@H](O)C(=O)[C@H](C)C[C@H](C)/C=C/C=C/C=C/1C. The van der Waals surface area contributed by atoms with Crippen LogP contribution in [0.15, 0.2) is 47.6 Å². The summed E-state index contributed by atoms with van der Waals surface area (Å²) in [5.41, 5.74) is 7.87. The summed E-state index contributed by atoms with van der Waals surface area (Å²) < 4.78 is 23.5. The lowest BCUT2D eigenvalue weighted by Crippen LogP contribution is -2.61. The van der Waals surface area contributed by atoms with E-state index in [2.05, 4.69) is 0 Å².